The van der Waals surface area contributed by atoms with E-state index in [-0.39, 0.29) is 18.6 Å². The van der Waals surface area contributed by atoms with Crippen molar-refractivity contribution in [2.45, 2.75) is 38.1 Å². The summed E-state index contributed by atoms with van der Waals surface area (Å²) >= 11 is 0. The number of fused-ring (bicyclic) bond motifs is 1. The Hall–Kier alpha value is -1.55. The van der Waals surface area contributed by atoms with E-state index in [2.05, 4.69) is 5.32 Å². The number of nitrogens with one attached hydrogen (secondary N) is 1. The molecule has 0 saturated heterocycles. The molecule has 0 aromatic heterocycles. The fraction of sp³-hybridized carbons (Fsp3) is 0.562. The third kappa shape index (κ3) is 3.31. The summed E-state index contributed by atoms with van der Waals surface area (Å²) in [6.45, 7) is 0.888. The molecule has 0 bridgehead atoms. The number of hydrogen-bond acceptors (Lipinski definition) is 3. The Morgan fingerprint density at radius 1 is 1.35 bits per heavy atom. The molecule has 1 unspecified atom stereocenters. The van der Waals surface area contributed by atoms with Crippen LogP contribution in [0.4, 0.5) is 0 Å². The van der Waals surface area contributed by atoms with Gasteiger partial charge in [-0.15, -0.1) is 0 Å². The maximum Gasteiger partial charge on any atom is 0.257 e. The Kier molecular flexibility index (Phi) is 3.92. The smallest absolute Gasteiger partial charge is 0.257 e. The van der Waals surface area contributed by atoms with Gasteiger partial charge in [-0.25, -0.2) is 0 Å². The molecular weight excluding hydrogens is 252 g/mol. The summed E-state index contributed by atoms with van der Waals surface area (Å²) in [7, 11) is 0. The van der Waals surface area contributed by atoms with Crippen LogP contribution in [0.25, 0.3) is 0 Å². The van der Waals surface area contributed by atoms with Gasteiger partial charge in [0.2, 0.25) is 0 Å². The van der Waals surface area contributed by atoms with Gasteiger partial charge in [0.1, 0.15) is 5.75 Å². The van der Waals surface area contributed by atoms with Gasteiger partial charge in [-0.3, -0.25) is 4.79 Å². The van der Waals surface area contributed by atoms with E-state index in [4.69, 9.17) is 10.5 Å². The zero-order valence-electron chi connectivity index (χ0n) is 11.7. The van der Waals surface area contributed by atoms with Gasteiger partial charge in [0.05, 0.1) is 0 Å². The first-order chi connectivity index (χ1) is 9.72. The SMILES string of the molecule is NC1CCCc2cc(OCC(=O)NCC3CC3)ccc21. The fourth-order valence-electron chi connectivity index (χ4n) is 2.70. The van der Waals surface area contributed by atoms with Gasteiger partial charge >= 0.3 is 0 Å². The lowest BCUT2D eigenvalue weighted by molar-refractivity contribution is -0.123. The lowest BCUT2D eigenvalue weighted by Gasteiger charge is -2.22. The molecule has 1 fully saturated rings. The first kappa shape index (κ1) is 13.4. The molecule has 4 heteroatoms. The minimum Gasteiger partial charge on any atom is -0.484 e. The molecule has 1 amide bonds. The van der Waals surface area contributed by atoms with E-state index in [1.54, 1.807) is 0 Å². The van der Waals surface area contributed by atoms with E-state index >= 15 is 0 Å². The van der Waals surface area contributed by atoms with Crippen molar-refractivity contribution in [3.8, 4) is 5.75 Å². The molecule has 0 radical (unpaired) electrons. The standard InChI is InChI=1S/C16H22N2O2/c17-15-3-1-2-12-8-13(6-7-14(12)15)20-10-16(19)18-9-11-4-5-11/h6-8,11,15H,1-5,9-10,17H2,(H,18,19). The third-order valence-corrected chi connectivity index (χ3v) is 4.13. The number of carbonyl (C=O) groups is 1. The minimum absolute atomic E-state index is 0.0358. The van der Waals surface area contributed by atoms with Gasteiger partial charge < -0.3 is 15.8 Å². The average molecular weight is 274 g/mol. The van der Waals surface area contributed by atoms with Crippen LogP contribution < -0.4 is 15.8 Å². The van der Waals surface area contributed by atoms with Crippen molar-refractivity contribution in [2.75, 3.05) is 13.2 Å². The van der Waals surface area contributed by atoms with Gasteiger partial charge in [-0.2, -0.15) is 0 Å². The number of rotatable bonds is 5. The van der Waals surface area contributed by atoms with Gasteiger partial charge in [-0.05, 0) is 61.3 Å². The quantitative estimate of drug-likeness (QED) is 0.862. The van der Waals surface area contributed by atoms with Crippen molar-refractivity contribution in [1.29, 1.82) is 0 Å². The number of nitrogens with two attached hydrogens (primary N) is 1. The molecule has 1 aromatic carbocycles. The normalized spacial score (nSPS) is 21.1. The first-order valence-electron chi connectivity index (χ1n) is 7.50. The van der Waals surface area contributed by atoms with Gasteiger partial charge in [0.15, 0.2) is 6.61 Å². The van der Waals surface area contributed by atoms with Crippen LogP contribution >= 0.6 is 0 Å². The van der Waals surface area contributed by atoms with Crippen molar-refractivity contribution < 1.29 is 9.53 Å². The number of benzene rings is 1. The molecule has 3 N–H and O–H groups in total. The van der Waals surface area contributed by atoms with Crippen molar-refractivity contribution >= 4 is 5.91 Å². The van der Waals surface area contributed by atoms with Gasteiger partial charge in [-0.1, -0.05) is 6.07 Å². The van der Waals surface area contributed by atoms with Crippen molar-refractivity contribution in [3.05, 3.63) is 29.3 Å². The van der Waals surface area contributed by atoms with Crippen molar-refractivity contribution in [2.24, 2.45) is 11.7 Å². The van der Waals surface area contributed by atoms with E-state index in [0.717, 1.165) is 31.6 Å². The Bertz CT molecular complexity index is 497. The molecular formula is C16H22N2O2. The van der Waals surface area contributed by atoms with Crippen LogP contribution in [-0.2, 0) is 11.2 Å². The molecule has 4 nitrogen and oxygen atoms in total. The topological polar surface area (TPSA) is 64.3 Å². The fourth-order valence-corrected chi connectivity index (χ4v) is 2.70. The monoisotopic (exact) mass is 274 g/mol. The number of aryl methyl sites for hydroxylation is 1. The molecule has 2 aliphatic rings. The summed E-state index contributed by atoms with van der Waals surface area (Å²) < 4.78 is 5.57. The Labute approximate surface area is 119 Å². The van der Waals surface area contributed by atoms with E-state index < -0.39 is 0 Å². The lowest BCUT2D eigenvalue weighted by atomic mass is 9.88. The van der Waals surface area contributed by atoms with E-state index in [1.165, 1.54) is 24.0 Å². The maximum absolute atomic E-state index is 11.6. The van der Waals surface area contributed by atoms with Crippen LogP contribution in [-0.4, -0.2) is 19.1 Å². The summed E-state index contributed by atoms with van der Waals surface area (Å²) in [5, 5.41) is 2.90. The number of hydrogen-bond donors (Lipinski definition) is 2. The summed E-state index contributed by atoms with van der Waals surface area (Å²) in [4.78, 5) is 11.6. The second-order valence-corrected chi connectivity index (χ2v) is 5.90. The minimum atomic E-state index is -0.0358. The lowest BCUT2D eigenvalue weighted by Crippen LogP contribution is -2.30. The second kappa shape index (κ2) is 5.83. The van der Waals surface area contributed by atoms with Crippen LogP contribution in [0.1, 0.15) is 42.9 Å². The van der Waals surface area contributed by atoms with Crippen LogP contribution in [0.3, 0.4) is 0 Å². The first-order valence-corrected chi connectivity index (χ1v) is 7.50. The molecule has 2 aliphatic carbocycles. The highest BCUT2D eigenvalue weighted by Crippen LogP contribution is 2.30. The van der Waals surface area contributed by atoms with Crippen LogP contribution in [0.15, 0.2) is 18.2 Å². The maximum atomic E-state index is 11.6. The highest BCUT2D eigenvalue weighted by Gasteiger charge is 2.21. The molecule has 1 saturated carbocycles. The molecule has 0 heterocycles. The summed E-state index contributed by atoms with van der Waals surface area (Å²) in [6, 6.07) is 6.13. The van der Waals surface area contributed by atoms with Crippen LogP contribution in [0, 0.1) is 5.92 Å². The van der Waals surface area contributed by atoms with Crippen LogP contribution in [0.2, 0.25) is 0 Å². The molecule has 108 valence electrons. The largest absolute Gasteiger partial charge is 0.484 e. The van der Waals surface area contributed by atoms with Crippen molar-refractivity contribution in [1.82, 2.24) is 5.32 Å². The predicted octanol–water partition coefficient (Wildman–Crippen LogP) is 1.93. The molecule has 0 aliphatic heterocycles. The summed E-state index contributed by atoms with van der Waals surface area (Å²) in [5.74, 6) is 1.43. The molecule has 20 heavy (non-hydrogen) atoms. The molecule has 0 spiro atoms. The Balaban J connectivity index is 1.53. The van der Waals surface area contributed by atoms with Gasteiger partial charge in [0, 0.05) is 12.6 Å². The molecule has 1 atom stereocenters. The highest BCUT2D eigenvalue weighted by atomic mass is 16.5. The summed E-state index contributed by atoms with van der Waals surface area (Å²) in [6.07, 6.45) is 5.71. The third-order valence-electron chi connectivity index (χ3n) is 4.13. The predicted molar refractivity (Wildman–Crippen MR) is 77.5 cm³/mol. The van der Waals surface area contributed by atoms with E-state index in [1.807, 2.05) is 18.2 Å². The highest BCUT2D eigenvalue weighted by molar-refractivity contribution is 5.77. The van der Waals surface area contributed by atoms with E-state index in [0.29, 0.717) is 5.92 Å². The number of ether oxygens (including phenoxy) is 1. The Morgan fingerprint density at radius 2 is 2.20 bits per heavy atom. The number of carbonyl (C=O) groups excluding carboxylic acids is 1. The zero-order chi connectivity index (χ0) is 13.9. The summed E-state index contributed by atoms with van der Waals surface area (Å²) in [5.41, 5.74) is 8.57. The zero-order valence-corrected chi connectivity index (χ0v) is 11.7. The molecule has 1 aromatic rings. The number of amides is 1. The van der Waals surface area contributed by atoms with E-state index in [9.17, 15) is 4.79 Å². The van der Waals surface area contributed by atoms with Gasteiger partial charge in [0.25, 0.3) is 5.91 Å². The van der Waals surface area contributed by atoms with Crippen LogP contribution in [0.5, 0.6) is 5.75 Å². The average Bonchev–Trinajstić information content (AvgIpc) is 3.27. The Morgan fingerprint density at radius 3 is 3.00 bits per heavy atom. The second-order valence-electron chi connectivity index (χ2n) is 5.90. The van der Waals surface area contributed by atoms with Crippen molar-refractivity contribution in [3.63, 3.8) is 0 Å². The molecule has 3 rings (SSSR count).